The zero-order valence-corrected chi connectivity index (χ0v) is 11.4. The van der Waals surface area contributed by atoms with Crippen molar-refractivity contribution in [2.75, 3.05) is 5.73 Å². The monoisotopic (exact) mass is 265 g/mol. The summed E-state index contributed by atoms with van der Waals surface area (Å²) in [5, 5.41) is 4.19. The van der Waals surface area contributed by atoms with Crippen molar-refractivity contribution in [3.05, 3.63) is 33.3 Å². The highest BCUT2D eigenvalue weighted by atomic mass is 32.1. The number of nitrogens with zero attached hydrogens (tertiary/aromatic N) is 2. The van der Waals surface area contributed by atoms with Crippen LogP contribution in [0.4, 0.5) is 5.69 Å². The van der Waals surface area contributed by atoms with Crippen LogP contribution in [0.3, 0.4) is 0 Å². The number of carbonyl (C=O) groups is 1. The van der Waals surface area contributed by atoms with E-state index in [0.717, 1.165) is 16.3 Å². The van der Waals surface area contributed by atoms with Gasteiger partial charge in [-0.15, -0.1) is 11.3 Å². The molecule has 2 aromatic rings. The molecule has 0 saturated heterocycles. The molecule has 0 amide bonds. The van der Waals surface area contributed by atoms with Crippen molar-refractivity contribution in [2.24, 2.45) is 7.05 Å². The zero-order valence-electron chi connectivity index (χ0n) is 10.6. The Kier molecular flexibility index (Phi) is 3.38. The lowest BCUT2D eigenvalue weighted by Crippen LogP contribution is -2.06. The molecule has 5 nitrogen and oxygen atoms in total. The largest absolute Gasteiger partial charge is 0.455 e. The molecule has 0 aliphatic heterocycles. The highest BCUT2D eigenvalue weighted by Gasteiger charge is 2.13. The highest BCUT2D eigenvalue weighted by Crippen LogP contribution is 2.24. The molecular weight excluding hydrogens is 250 g/mol. The Hall–Kier alpha value is -1.82. The second-order valence-corrected chi connectivity index (χ2v) is 5.36. The van der Waals surface area contributed by atoms with Crippen LogP contribution in [-0.2, 0) is 18.4 Å². The second-order valence-electron chi connectivity index (χ2n) is 4.10. The van der Waals surface area contributed by atoms with E-state index in [1.807, 2.05) is 27.0 Å². The van der Waals surface area contributed by atoms with E-state index < -0.39 is 0 Å². The number of esters is 1. The van der Waals surface area contributed by atoms with Crippen molar-refractivity contribution in [2.45, 2.75) is 20.5 Å². The third kappa shape index (κ3) is 2.53. The number of anilines is 1. The smallest absolute Gasteiger partial charge is 0.348 e. The van der Waals surface area contributed by atoms with E-state index in [2.05, 4.69) is 5.10 Å². The second kappa shape index (κ2) is 4.81. The maximum atomic E-state index is 11.8. The minimum Gasteiger partial charge on any atom is -0.455 e. The van der Waals surface area contributed by atoms with Gasteiger partial charge in [-0.2, -0.15) is 5.10 Å². The predicted octanol–water partition coefficient (Wildman–Crippen LogP) is 2.04. The Labute approximate surface area is 109 Å². The van der Waals surface area contributed by atoms with Gasteiger partial charge < -0.3 is 10.5 Å². The van der Waals surface area contributed by atoms with Crippen LogP contribution >= 0.6 is 11.3 Å². The number of ether oxygens (including phenoxy) is 1. The lowest BCUT2D eigenvalue weighted by Gasteiger charge is -2.03. The fraction of sp³-hybridized carbons (Fsp3) is 0.333. The minimum absolute atomic E-state index is 0.215. The molecule has 6 heteroatoms. The number of nitrogen functional groups attached to an aromatic ring is 1. The molecule has 0 bridgehead atoms. The highest BCUT2D eigenvalue weighted by molar-refractivity contribution is 7.14. The Morgan fingerprint density at radius 2 is 2.22 bits per heavy atom. The summed E-state index contributed by atoms with van der Waals surface area (Å²) < 4.78 is 6.94. The summed E-state index contributed by atoms with van der Waals surface area (Å²) in [7, 11) is 1.82. The molecule has 0 saturated carbocycles. The fourth-order valence-corrected chi connectivity index (χ4v) is 2.44. The summed E-state index contributed by atoms with van der Waals surface area (Å²) in [5.74, 6) is -0.348. The van der Waals surface area contributed by atoms with E-state index in [9.17, 15) is 4.79 Å². The Balaban J connectivity index is 2.02. The molecule has 18 heavy (non-hydrogen) atoms. The number of carbonyl (C=O) groups excluding carboxylic acids is 1. The Morgan fingerprint density at radius 1 is 1.50 bits per heavy atom. The first kappa shape index (κ1) is 12.6. The van der Waals surface area contributed by atoms with Gasteiger partial charge >= 0.3 is 5.97 Å². The van der Waals surface area contributed by atoms with Crippen molar-refractivity contribution in [1.82, 2.24) is 9.78 Å². The molecule has 2 rings (SSSR count). The Bertz CT molecular complexity index is 567. The quantitative estimate of drug-likeness (QED) is 0.862. The normalized spacial score (nSPS) is 10.6. The van der Waals surface area contributed by atoms with Crippen LogP contribution in [-0.4, -0.2) is 15.7 Å². The summed E-state index contributed by atoms with van der Waals surface area (Å²) in [6, 6.07) is 3.54. The molecule has 0 fully saturated rings. The summed E-state index contributed by atoms with van der Waals surface area (Å²) in [5.41, 5.74) is 8.10. The van der Waals surface area contributed by atoms with Crippen LogP contribution in [0.15, 0.2) is 12.1 Å². The standard InChI is InChI=1S/C12H15N3O2S/c1-7-4-9(15(3)14-7)6-17-12(16)11-5-10(13)8(2)18-11/h4-5H,6,13H2,1-3H3. The zero-order chi connectivity index (χ0) is 13.3. The average Bonchev–Trinajstić information content (AvgIpc) is 2.79. The third-order valence-electron chi connectivity index (χ3n) is 2.61. The maximum absolute atomic E-state index is 11.8. The first-order chi connectivity index (χ1) is 8.47. The molecule has 96 valence electrons. The SMILES string of the molecule is Cc1cc(COC(=O)c2cc(N)c(C)s2)n(C)n1. The van der Waals surface area contributed by atoms with Crippen LogP contribution in [0.5, 0.6) is 0 Å². The first-order valence-electron chi connectivity index (χ1n) is 5.50. The molecule has 2 N–H and O–H groups in total. The van der Waals surface area contributed by atoms with Crippen molar-refractivity contribution in [3.63, 3.8) is 0 Å². The Morgan fingerprint density at radius 3 is 2.72 bits per heavy atom. The van der Waals surface area contributed by atoms with E-state index in [1.54, 1.807) is 10.7 Å². The minimum atomic E-state index is -0.348. The molecule has 2 heterocycles. The van der Waals surface area contributed by atoms with Gasteiger partial charge in [-0.3, -0.25) is 4.68 Å². The molecule has 0 aliphatic rings. The van der Waals surface area contributed by atoms with Gasteiger partial charge in [0.15, 0.2) is 0 Å². The van der Waals surface area contributed by atoms with Crippen LogP contribution in [0.25, 0.3) is 0 Å². The number of hydrogen-bond donors (Lipinski definition) is 1. The van der Waals surface area contributed by atoms with Crippen molar-refractivity contribution in [1.29, 1.82) is 0 Å². The molecule has 0 unspecified atom stereocenters. The number of nitrogens with two attached hydrogens (primary N) is 1. The lowest BCUT2D eigenvalue weighted by molar-refractivity contribution is 0.0469. The molecule has 0 aromatic carbocycles. The van der Waals surface area contributed by atoms with Crippen molar-refractivity contribution in [3.8, 4) is 0 Å². The van der Waals surface area contributed by atoms with E-state index in [1.165, 1.54) is 11.3 Å². The molecule has 0 radical (unpaired) electrons. The lowest BCUT2D eigenvalue weighted by atomic mass is 10.3. The molecule has 0 spiro atoms. The van der Waals surface area contributed by atoms with E-state index in [-0.39, 0.29) is 12.6 Å². The number of rotatable bonds is 3. The van der Waals surface area contributed by atoms with Crippen LogP contribution in [0, 0.1) is 13.8 Å². The summed E-state index contributed by atoms with van der Waals surface area (Å²) in [6.07, 6.45) is 0. The number of hydrogen-bond acceptors (Lipinski definition) is 5. The van der Waals surface area contributed by atoms with E-state index in [4.69, 9.17) is 10.5 Å². The van der Waals surface area contributed by atoms with Crippen LogP contribution in [0.1, 0.15) is 25.9 Å². The van der Waals surface area contributed by atoms with Gasteiger partial charge in [-0.25, -0.2) is 4.79 Å². The molecule has 0 atom stereocenters. The van der Waals surface area contributed by atoms with Gasteiger partial charge in [-0.05, 0) is 26.0 Å². The first-order valence-corrected chi connectivity index (χ1v) is 6.31. The predicted molar refractivity (Wildman–Crippen MR) is 70.5 cm³/mol. The topological polar surface area (TPSA) is 70.1 Å². The van der Waals surface area contributed by atoms with Gasteiger partial charge in [0.1, 0.15) is 11.5 Å². The molecule has 0 aliphatic carbocycles. The van der Waals surface area contributed by atoms with Crippen LogP contribution < -0.4 is 5.73 Å². The van der Waals surface area contributed by atoms with E-state index >= 15 is 0 Å². The summed E-state index contributed by atoms with van der Waals surface area (Å²) >= 11 is 1.35. The van der Waals surface area contributed by atoms with Gasteiger partial charge in [0.25, 0.3) is 0 Å². The van der Waals surface area contributed by atoms with Crippen molar-refractivity contribution >= 4 is 23.0 Å². The molecule has 2 aromatic heterocycles. The number of aryl methyl sites for hydroxylation is 3. The maximum Gasteiger partial charge on any atom is 0.348 e. The fourth-order valence-electron chi connectivity index (χ4n) is 1.61. The van der Waals surface area contributed by atoms with Gasteiger partial charge in [0, 0.05) is 17.6 Å². The van der Waals surface area contributed by atoms with Crippen molar-refractivity contribution < 1.29 is 9.53 Å². The van der Waals surface area contributed by atoms with Gasteiger partial charge in [-0.1, -0.05) is 0 Å². The summed E-state index contributed by atoms with van der Waals surface area (Å²) in [4.78, 5) is 13.3. The number of thiophene rings is 1. The number of aromatic nitrogens is 2. The van der Waals surface area contributed by atoms with Gasteiger partial charge in [0.05, 0.1) is 11.4 Å². The van der Waals surface area contributed by atoms with Gasteiger partial charge in [0.2, 0.25) is 0 Å². The van der Waals surface area contributed by atoms with E-state index in [0.29, 0.717) is 10.6 Å². The van der Waals surface area contributed by atoms with Crippen LogP contribution in [0.2, 0.25) is 0 Å². The summed E-state index contributed by atoms with van der Waals surface area (Å²) in [6.45, 7) is 3.99. The average molecular weight is 265 g/mol. The third-order valence-corrected chi connectivity index (χ3v) is 3.65. The molecular formula is C12H15N3O2S.